The Balaban J connectivity index is 1.40. The number of nitrogens with zero attached hydrogens (tertiary/aromatic N) is 7. The molecule has 14 heteroatoms. The Kier molecular flexibility index (Phi) is 7.69. The summed E-state index contributed by atoms with van der Waals surface area (Å²) in [5.74, 6) is 0.462. The van der Waals surface area contributed by atoms with Crippen LogP contribution < -0.4 is 10.9 Å². The van der Waals surface area contributed by atoms with E-state index >= 15 is 0 Å². The summed E-state index contributed by atoms with van der Waals surface area (Å²) in [4.78, 5) is 36.8. The monoisotopic (exact) mass is 613 g/mol. The van der Waals surface area contributed by atoms with Crippen LogP contribution in [0.2, 0.25) is 10.2 Å². The molecule has 0 saturated carbocycles. The summed E-state index contributed by atoms with van der Waals surface area (Å²) in [7, 11) is 0. The zero-order chi connectivity index (χ0) is 29.9. The Bertz CT molecular complexity index is 1960. The summed E-state index contributed by atoms with van der Waals surface area (Å²) >= 11 is 12.9. The minimum absolute atomic E-state index is 0.208. The average molecular weight is 614 g/mol. The van der Waals surface area contributed by atoms with Crippen LogP contribution in [-0.2, 0) is 6.42 Å². The van der Waals surface area contributed by atoms with Crippen molar-refractivity contribution >= 4 is 35.0 Å². The van der Waals surface area contributed by atoms with Gasteiger partial charge in [0.2, 0.25) is 0 Å². The Morgan fingerprint density at radius 2 is 1.88 bits per heavy atom. The Morgan fingerprint density at radius 3 is 2.58 bits per heavy atom. The van der Waals surface area contributed by atoms with Gasteiger partial charge in [-0.05, 0) is 64.0 Å². The largest absolute Gasteiger partial charge is 0.465 e. The molecule has 0 radical (unpaired) electrons. The Labute approximate surface area is 253 Å². The summed E-state index contributed by atoms with van der Waals surface area (Å²) in [6, 6.07) is 18.5. The topological polar surface area (TPSA) is 156 Å². The van der Waals surface area contributed by atoms with Crippen molar-refractivity contribution in [3.05, 3.63) is 124 Å². The smallest absolute Gasteiger partial charge is 0.409 e. The van der Waals surface area contributed by atoms with Crippen molar-refractivity contribution in [3.63, 3.8) is 0 Å². The normalized spacial score (nSPS) is 11.8. The van der Waals surface area contributed by atoms with Gasteiger partial charge in [-0.25, -0.2) is 9.78 Å². The number of rotatable bonds is 8. The van der Waals surface area contributed by atoms with Crippen LogP contribution in [0.15, 0.2) is 96.4 Å². The number of hydrogen-bond acceptors (Lipinski definition) is 7. The summed E-state index contributed by atoms with van der Waals surface area (Å²) in [5.41, 5.74) is 4.20. The molecule has 0 aliphatic heterocycles. The van der Waals surface area contributed by atoms with Crippen molar-refractivity contribution in [3.8, 4) is 28.1 Å². The van der Waals surface area contributed by atoms with Gasteiger partial charge in [0.25, 0.3) is 5.56 Å². The number of hydrogen-bond donors (Lipinski definition) is 3. The zero-order valence-corrected chi connectivity index (χ0v) is 23.6. The molecule has 0 aliphatic carbocycles. The lowest BCUT2D eigenvalue weighted by molar-refractivity contribution is 0.209. The van der Waals surface area contributed by atoms with E-state index in [0.29, 0.717) is 51.0 Å². The molecule has 0 aliphatic rings. The van der Waals surface area contributed by atoms with Gasteiger partial charge >= 0.3 is 6.09 Å². The van der Waals surface area contributed by atoms with E-state index in [9.17, 15) is 9.59 Å². The number of aromatic amines is 1. The number of pyridine rings is 2. The summed E-state index contributed by atoms with van der Waals surface area (Å²) in [6.07, 6.45) is 5.81. The van der Waals surface area contributed by atoms with E-state index in [0.717, 1.165) is 5.56 Å². The lowest BCUT2D eigenvalue weighted by atomic mass is 10.0. The lowest BCUT2D eigenvalue weighted by Crippen LogP contribution is -2.27. The van der Waals surface area contributed by atoms with Crippen LogP contribution in [0.25, 0.3) is 28.1 Å². The molecule has 12 nitrogen and oxygen atoms in total. The highest BCUT2D eigenvalue weighted by atomic mass is 35.5. The molecule has 1 unspecified atom stereocenters. The second kappa shape index (κ2) is 11.9. The molecule has 0 fully saturated rings. The second-order valence-corrected chi connectivity index (χ2v) is 10.2. The van der Waals surface area contributed by atoms with Crippen LogP contribution in [0.5, 0.6) is 0 Å². The highest BCUT2D eigenvalue weighted by Gasteiger charge is 2.23. The molecule has 3 N–H and O–H groups in total. The number of benzene rings is 2. The minimum Gasteiger partial charge on any atom is -0.465 e. The standard InChI is InChI=1S/C29H21Cl2N9O3/c30-20-5-8-23(40-16-33-37-38-40)22(14-20)19-9-11-39(25(41)13-19)24(12-17-2-1-10-32-15-17)28-35-26(27(31)36-28)18-3-6-21(7-4-18)34-29(42)43/h1-11,13-16,24,34H,12H2,(H,35,36)(H,42,43). The first-order valence-electron chi connectivity index (χ1n) is 12.9. The SMILES string of the molecule is O=C(O)Nc1ccc(-c2[nH]c(C(Cc3cccnc3)n3ccc(-c4cc(Cl)ccc4-n4cnnn4)cc3=O)nc2Cl)cc1. The molecular formula is C29H21Cl2N9O3. The van der Waals surface area contributed by atoms with Gasteiger partial charge in [0.15, 0.2) is 5.15 Å². The molecule has 1 atom stereocenters. The number of halogens is 2. The predicted molar refractivity (Wildman–Crippen MR) is 161 cm³/mol. The zero-order valence-electron chi connectivity index (χ0n) is 22.1. The number of imidazole rings is 1. The maximum atomic E-state index is 13.7. The van der Waals surface area contributed by atoms with Crippen molar-refractivity contribution in [2.75, 3.05) is 5.32 Å². The van der Waals surface area contributed by atoms with E-state index in [2.05, 4.69) is 35.8 Å². The molecule has 43 heavy (non-hydrogen) atoms. The van der Waals surface area contributed by atoms with E-state index in [-0.39, 0.29) is 10.7 Å². The molecular weight excluding hydrogens is 593 g/mol. The molecule has 2 aromatic carbocycles. The van der Waals surface area contributed by atoms with Crippen LogP contribution in [0, 0.1) is 0 Å². The fourth-order valence-electron chi connectivity index (χ4n) is 4.76. The highest BCUT2D eigenvalue weighted by molar-refractivity contribution is 6.32. The molecule has 6 rings (SSSR count). The number of nitrogens with one attached hydrogen (secondary N) is 2. The molecule has 6 aromatic rings. The van der Waals surface area contributed by atoms with Crippen molar-refractivity contribution in [1.29, 1.82) is 0 Å². The number of carbonyl (C=O) groups is 1. The third kappa shape index (κ3) is 6.01. The van der Waals surface area contributed by atoms with Crippen LogP contribution in [-0.4, -0.2) is 50.9 Å². The predicted octanol–water partition coefficient (Wildman–Crippen LogP) is 5.50. The van der Waals surface area contributed by atoms with Gasteiger partial charge in [-0.1, -0.05) is 41.4 Å². The fraction of sp³-hybridized carbons (Fsp3) is 0.0690. The van der Waals surface area contributed by atoms with Crippen LogP contribution in [0.1, 0.15) is 17.4 Å². The Hall–Kier alpha value is -5.33. The number of H-pyrrole nitrogens is 1. The maximum Gasteiger partial charge on any atom is 0.409 e. The number of anilines is 1. The van der Waals surface area contributed by atoms with Gasteiger partial charge in [-0.3, -0.25) is 15.1 Å². The molecule has 4 aromatic heterocycles. The van der Waals surface area contributed by atoms with Crippen LogP contribution in [0.4, 0.5) is 10.5 Å². The number of amides is 1. The fourth-order valence-corrected chi connectivity index (χ4v) is 5.18. The van der Waals surface area contributed by atoms with Crippen LogP contribution in [0.3, 0.4) is 0 Å². The van der Waals surface area contributed by atoms with E-state index in [4.69, 9.17) is 28.3 Å². The van der Waals surface area contributed by atoms with E-state index in [1.165, 1.54) is 17.1 Å². The summed E-state index contributed by atoms with van der Waals surface area (Å²) in [5, 5.41) is 23.4. The number of tetrazole rings is 1. The van der Waals surface area contributed by atoms with Gasteiger partial charge in [0, 0.05) is 52.9 Å². The first kappa shape index (κ1) is 27.8. The first-order chi connectivity index (χ1) is 20.9. The van der Waals surface area contributed by atoms with Gasteiger partial charge in [-0.2, -0.15) is 4.68 Å². The third-order valence-corrected chi connectivity index (χ3v) is 7.23. The Morgan fingerprint density at radius 1 is 1.05 bits per heavy atom. The number of aromatic nitrogens is 8. The number of carboxylic acid groups (broad SMARTS) is 1. The van der Waals surface area contributed by atoms with Crippen molar-refractivity contribution in [1.82, 2.24) is 39.7 Å². The van der Waals surface area contributed by atoms with Crippen LogP contribution >= 0.6 is 23.2 Å². The minimum atomic E-state index is -1.16. The maximum absolute atomic E-state index is 13.7. The molecule has 0 spiro atoms. The second-order valence-electron chi connectivity index (χ2n) is 9.45. The molecule has 214 valence electrons. The van der Waals surface area contributed by atoms with Crippen molar-refractivity contribution in [2.24, 2.45) is 0 Å². The summed E-state index contributed by atoms with van der Waals surface area (Å²) < 4.78 is 3.08. The van der Waals surface area contributed by atoms with E-state index < -0.39 is 12.1 Å². The van der Waals surface area contributed by atoms with Gasteiger partial charge in [0.05, 0.1) is 17.4 Å². The third-order valence-electron chi connectivity index (χ3n) is 6.72. The van der Waals surface area contributed by atoms with Crippen molar-refractivity contribution in [2.45, 2.75) is 12.5 Å². The van der Waals surface area contributed by atoms with Gasteiger partial charge in [0.1, 0.15) is 12.2 Å². The lowest BCUT2D eigenvalue weighted by Gasteiger charge is -2.19. The molecule has 0 saturated heterocycles. The van der Waals surface area contributed by atoms with Gasteiger partial charge in [-0.15, -0.1) is 5.10 Å². The first-order valence-corrected chi connectivity index (χ1v) is 13.6. The molecule has 4 heterocycles. The van der Waals surface area contributed by atoms with Gasteiger partial charge < -0.3 is 14.7 Å². The molecule has 0 bridgehead atoms. The van der Waals surface area contributed by atoms with E-state index in [1.807, 2.05) is 18.2 Å². The van der Waals surface area contributed by atoms with E-state index in [1.54, 1.807) is 65.6 Å². The summed E-state index contributed by atoms with van der Waals surface area (Å²) in [6.45, 7) is 0. The average Bonchev–Trinajstić information content (AvgIpc) is 3.67. The molecule has 1 amide bonds. The quantitative estimate of drug-likeness (QED) is 0.203. The van der Waals surface area contributed by atoms with Crippen molar-refractivity contribution < 1.29 is 9.90 Å². The highest BCUT2D eigenvalue weighted by Crippen LogP contribution is 2.32.